The Morgan fingerprint density at radius 3 is 2.75 bits per heavy atom. The molecule has 168 valence electrons. The Kier molecular flexibility index (Phi) is 7.16. The van der Waals surface area contributed by atoms with Gasteiger partial charge in [-0.1, -0.05) is 18.6 Å². The number of nitrogens with one attached hydrogen (secondary N) is 2. The van der Waals surface area contributed by atoms with Gasteiger partial charge in [-0.3, -0.25) is 4.68 Å². The molecule has 0 saturated heterocycles. The quantitative estimate of drug-likeness (QED) is 0.285. The molecule has 9 heteroatoms. The average molecular weight is 473 g/mol. The van der Waals surface area contributed by atoms with Crippen LogP contribution in [0.4, 0.5) is 15.2 Å². The first-order valence-corrected chi connectivity index (χ1v) is 11.9. The molecule has 0 atom stereocenters. The number of aromatic nitrogens is 2. The second-order valence-corrected chi connectivity index (χ2v) is 9.11. The third-order valence-electron chi connectivity index (χ3n) is 5.27. The SMILES string of the molecule is CCOC(=O)c1c(NC(=S)Nc2ccn(Cc3ccc(F)cc3)n2)sc2c1CCCCC2. The van der Waals surface area contributed by atoms with E-state index in [4.69, 9.17) is 17.0 Å². The summed E-state index contributed by atoms with van der Waals surface area (Å²) in [5, 5.41) is 11.8. The minimum atomic E-state index is -0.305. The number of benzene rings is 1. The number of rotatable bonds is 6. The summed E-state index contributed by atoms with van der Waals surface area (Å²) in [4.78, 5) is 13.9. The normalized spacial score (nSPS) is 13.2. The average Bonchev–Trinajstić information content (AvgIpc) is 3.26. The van der Waals surface area contributed by atoms with Crippen LogP contribution in [0, 0.1) is 5.82 Å². The lowest BCUT2D eigenvalue weighted by molar-refractivity contribution is 0.0527. The number of aryl methyl sites for hydroxylation is 1. The van der Waals surface area contributed by atoms with Crippen LogP contribution in [0.15, 0.2) is 36.5 Å². The number of nitrogens with zero attached hydrogens (tertiary/aromatic N) is 2. The van der Waals surface area contributed by atoms with Gasteiger partial charge in [0.25, 0.3) is 0 Å². The fraction of sp³-hybridized carbons (Fsp3) is 0.348. The molecular formula is C23H25FN4O2S2. The highest BCUT2D eigenvalue weighted by Gasteiger charge is 2.26. The molecule has 2 heterocycles. The number of fused-ring (bicyclic) bond motifs is 1. The minimum Gasteiger partial charge on any atom is -0.462 e. The molecule has 0 spiro atoms. The predicted molar refractivity (Wildman–Crippen MR) is 129 cm³/mol. The molecule has 3 aromatic rings. The zero-order valence-electron chi connectivity index (χ0n) is 17.8. The van der Waals surface area contributed by atoms with Gasteiger partial charge in [-0.05, 0) is 68.1 Å². The van der Waals surface area contributed by atoms with E-state index in [2.05, 4.69) is 15.7 Å². The number of carbonyl (C=O) groups excluding carboxylic acids is 1. The molecule has 0 unspecified atom stereocenters. The van der Waals surface area contributed by atoms with Crippen LogP contribution in [0.25, 0.3) is 0 Å². The summed E-state index contributed by atoms with van der Waals surface area (Å²) in [6.45, 7) is 2.66. The minimum absolute atomic E-state index is 0.263. The summed E-state index contributed by atoms with van der Waals surface area (Å²) >= 11 is 7.07. The second kappa shape index (κ2) is 10.2. The molecule has 1 aliphatic carbocycles. The fourth-order valence-corrected chi connectivity index (χ4v) is 5.35. The molecule has 0 saturated carbocycles. The summed E-state index contributed by atoms with van der Waals surface area (Å²) < 4.78 is 20.2. The van der Waals surface area contributed by atoms with E-state index >= 15 is 0 Å². The smallest absolute Gasteiger partial charge is 0.341 e. The van der Waals surface area contributed by atoms with Crippen LogP contribution in [0.2, 0.25) is 0 Å². The van der Waals surface area contributed by atoms with Crippen molar-refractivity contribution < 1.29 is 13.9 Å². The molecule has 1 aromatic carbocycles. The number of anilines is 2. The van der Waals surface area contributed by atoms with Crippen LogP contribution in [-0.2, 0) is 24.1 Å². The first-order chi connectivity index (χ1) is 15.5. The van der Waals surface area contributed by atoms with Crippen LogP contribution in [0.5, 0.6) is 0 Å². The van der Waals surface area contributed by atoms with Gasteiger partial charge in [-0.2, -0.15) is 5.10 Å². The number of esters is 1. The lowest BCUT2D eigenvalue weighted by atomic mass is 10.1. The first-order valence-electron chi connectivity index (χ1n) is 10.7. The predicted octanol–water partition coefficient (Wildman–Crippen LogP) is 5.39. The molecule has 0 radical (unpaired) electrons. The van der Waals surface area contributed by atoms with E-state index in [9.17, 15) is 9.18 Å². The zero-order valence-corrected chi connectivity index (χ0v) is 19.5. The molecule has 0 bridgehead atoms. The Balaban J connectivity index is 1.45. The molecule has 6 nitrogen and oxygen atoms in total. The molecule has 2 N–H and O–H groups in total. The Morgan fingerprint density at radius 1 is 1.19 bits per heavy atom. The standard InChI is InChI=1S/C23H25FN4O2S2/c1-2-30-22(29)20-17-6-4-3-5-7-18(17)32-21(20)26-23(31)25-19-12-13-28(27-19)14-15-8-10-16(24)11-9-15/h8-13H,2-7,14H2,1H3,(H2,25,26,27,31). The van der Waals surface area contributed by atoms with Gasteiger partial charge in [0.2, 0.25) is 0 Å². The number of carbonyl (C=O) groups is 1. The maximum atomic E-state index is 13.1. The highest BCUT2D eigenvalue weighted by Crippen LogP contribution is 2.38. The van der Waals surface area contributed by atoms with Gasteiger partial charge < -0.3 is 15.4 Å². The lowest BCUT2D eigenvalue weighted by Crippen LogP contribution is -2.21. The largest absolute Gasteiger partial charge is 0.462 e. The molecule has 32 heavy (non-hydrogen) atoms. The van der Waals surface area contributed by atoms with Crippen LogP contribution < -0.4 is 10.6 Å². The van der Waals surface area contributed by atoms with E-state index in [1.807, 2.05) is 19.2 Å². The molecular weight excluding hydrogens is 447 g/mol. The van der Waals surface area contributed by atoms with Gasteiger partial charge >= 0.3 is 5.97 Å². The van der Waals surface area contributed by atoms with E-state index in [1.54, 1.807) is 28.2 Å². The van der Waals surface area contributed by atoms with Crippen molar-refractivity contribution in [2.24, 2.45) is 0 Å². The molecule has 2 aromatic heterocycles. The van der Waals surface area contributed by atoms with Gasteiger partial charge in [0.15, 0.2) is 10.9 Å². The van der Waals surface area contributed by atoms with Crippen molar-refractivity contribution in [2.45, 2.75) is 45.6 Å². The summed E-state index contributed by atoms with van der Waals surface area (Å²) in [5.41, 5.74) is 2.65. The maximum absolute atomic E-state index is 13.1. The van der Waals surface area contributed by atoms with E-state index in [0.29, 0.717) is 29.6 Å². The Morgan fingerprint density at radius 2 is 1.97 bits per heavy atom. The molecule has 0 aliphatic heterocycles. The van der Waals surface area contributed by atoms with Crippen molar-refractivity contribution in [3.63, 3.8) is 0 Å². The summed E-state index contributed by atoms with van der Waals surface area (Å²) in [6.07, 6.45) is 7.06. The lowest BCUT2D eigenvalue weighted by Gasteiger charge is -2.10. The monoisotopic (exact) mass is 472 g/mol. The third-order valence-corrected chi connectivity index (χ3v) is 6.68. The van der Waals surface area contributed by atoms with Gasteiger partial charge in [0.05, 0.1) is 18.7 Å². The number of halogens is 1. The van der Waals surface area contributed by atoms with Crippen LogP contribution >= 0.6 is 23.6 Å². The topological polar surface area (TPSA) is 68.2 Å². The van der Waals surface area contributed by atoms with Crippen LogP contribution in [0.1, 0.15) is 52.5 Å². The van der Waals surface area contributed by atoms with E-state index < -0.39 is 0 Å². The van der Waals surface area contributed by atoms with Crippen molar-refractivity contribution >= 4 is 45.5 Å². The van der Waals surface area contributed by atoms with E-state index in [1.165, 1.54) is 23.4 Å². The molecule has 1 aliphatic rings. The van der Waals surface area contributed by atoms with Crippen LogP contribution in [0.3, 0.4) is 0 Å². The Labute approximate surface area is 195 Å². The number of hydrogen-bond donors (Lipinski definition) is 2. The number of thiophene rings is 1. The highest BCUT2D eigenvalue weighted by atomic mass is 32.1. The summed E-state index contributed by atoms with van der Waals surface area (Å²) in [6, 6.07) is 8.14. The van der Waals surface area contributed by atoms with E-state index in [0.717, 1.165) is 41.8 Å². The van der Waals surface area contributed by atoms with Crippen LogP contribution in [-0.4, -0.2) is 27.5 Å². The van der Waals surface area contributed by atoms with Gasteiger partial charge in [0, 0.05) is 17.1 Å². The van der Waals surface area contributed by atoms with Crippen molar-refractivity contribution in [1.82, 2.24) is 9.78 Å². The number of ether oxygens (including phenoxy) is 1. The van der Waals surface area contributed by atoms with Crippen molar-refractivity contribution in [3.8, 4) is 0 Å². The Bertz CT molecular complexity index is 1110. The fourth-order valence-electron chi connectivity index (χ4n) is 3.79. The van der Waals surface area contributed by atoms with Gasteiger partial charge in [-0.15, -0.1) is 11.3 Å². The third kappa shape index (κ3) is 5.34. The van der Waals surface area contributed by atoms with Gasteiger partial charge in [0.1, 0.15) is 10.8 Å². The number of hydrogen-bond acceptors (Lipinski definition) is 5. The maximum Gasteiger partial charge on any atom is 0.341 e. The summed E-state index contributed by atoms with van der Waals surface area (Å²) in [5.74, 6) is 0.0160. The molecule has 0 amide bonds. The van der Waals surface area contributed by atoms with Crippen molar-refractivity contribution in [1.29, 1.82) is 0 Å². The summed E-state index contributed by atoms with van der Waals surface area (Å²) in [7, 11) is 0. The molecule has 0 fully saturated rings. The van der Waals surface area contributed by atoms with Gasteiger partial charge in [-0.25, -0.2) is 9.18 Å². The zero-order chi connectivity index (χ0) is 22.5. The van der Waals surface area contributed by atoms with Crippen molar-refractivity contribution in [2.75, 3.05) is 17.2 Å². The Hall–Kier alpha value is -2.78. The molecule has 4 rings (SSSR count). The second-order valence-electron chi connectivity index (χ2n) is 7.59. The first kappa shape index (κ1) is 22.4. The number of thiocarbonyl (C=S) groups is 1. The van der Waals surface area contributed by atoms with E-state index in [-0.39, 0.29) is 11.8 Å². The highest BCUT2D eigenvalue weighted by molar-refractivity contribution is 7.80. The van der Waals surface area contributed by atoms with Crippen molar-refractivity contribution in [3.05, 3.63) is 63.9 Å².